The molecular formula is C26H21BrCl2N2O6. The van der Waals surface area contributed by atoms with Crippen molar-refractivity contribution in [1.82, 2.24) is 4.90 Å². The lowest BCUT2D eigenvalue weighted by Gasteiger charge is -2.49. The molecule has 6 unspecified atom stereocenters. The minimum Gasteiger partial charge on any atom is -0.463 e. The van der Waals surface area contributed by atoms with Crippen molar-refractivity contribution >= 4 is 68.4 Å². The molecule has 1 aromatic heterocycles. The second kappa shape index (κ2) is 8.53. The van der Waals surface area contributed by atoms with Crippen LogP contribution in [-0.4, -0.2) is 48.8 Å². The second-order valence-corrected chi connectivity index (χ2v) is 11.5. The molecule has 1 N–H and O–H groups in total. The zero-order valence-corrected chi connectivity index (χ0v) is 22.4. The van der Waals surface area contributed by atoms with Crippen LogP contribution >= 0.6 is 39.1 Å². The van der Waals surface area contributed by atoms with Gasteiger partial charge in [-0.05, 0) is 43.0 Å². The highest BCUT2D eigenvalue weighted by Gasteiger charge is 2.76. The van der Waals surface area contributed by atoms with Gasteiger partial charge >= 0.3 is 0 Å². The summed E-state index contributed by atoms with van der Waals surface area (Å²) in [6, 6.07) is 11.9. The first kappa shape index (κ1) is 24.9. The first-order chi connectivity index (χ1) is 17.7. The molecule has 0 bridgehead atoms. The zero-order valence-electron chi connectivity index (χ0n) is 19.3. The standard InChI is InChI=1S/C26H21BrCl2N2O6/c27-12-30-23(35)25(28)10-17-15(20(26(25,29)24(30)36)18-9-6-14(11-32)37-18)7-8-16-19(17)22(34)31(21(16)33)13-4-2-1-3-5-13/h1-7,9,16-17,19-20,32H,8,10-12H2. The highest BCUT2D eigenvalue weighted by Crippen LogP contribution is 2.65. The number of likely N-dealkylation sites (tertiary alicyclic amines) is 1. The number of furan rings is 1. The molecule has 2 aliphatic carbocycles. The number of nitrogens with zero attached hydrogens (tertiary/aromatic N) is 2. The lowest BCUT2D eigenvalue weighted by atomic mass is 9.57. The van der Waals surface area contributed by atoms with E-state index >= 15 is 0 Å². The third-order valence-electron chi connectivity index (χ3n) is 8.15. The van der Waals surface area contributed by atoms with Crippen LogP contribution in [0.2, 0.25) is 0 Å². The Hall–Kier alpha value is -2.46. The number of para-hydroxylation sites is 1. The molecule has 0 radical (unpaired) electrons. The Morgan fingerprint density at radius 1 is 1.00 bits per heavy atom. The molecule has 3 fully saturated rings. The first-order valence-corrected chi connectivity index (χ1v) is 13.7. The highest BCUT2D eigenvalue weighted by molar-refractivity contribution is 9.09. The van der Waals surface area contributed by atoms with E-state index in [1.54, 1.807) is 42.5 Å². The summed E-state index contributed by atoms with van der Waals surface area (Å²) >= 11 is 17.4. The van der Waals surface area contributed by atoms with Crippen molar-refractivity contribution in [3.63, 3.8) is 0 Å². The fourth-order valence-electron chi connectivity index (χ4n) is 6.53. The number of aliphatic hydroxyl groups is 1. The highest BCUT2D eigenvalue weighted by atomic mass is 79.9. The fourth-order valence-corrected chi connectivity index (χ4v) is 7.94. The molecule has 11 heteroatoms. The monoisotopic (exact) mass is 606 g/mol. The lowest BCUT2D eigenvalue weighted by molar-refractivity contribution is -0.138. The van der Waals surface area contributed by atoms with Gasteiger partial charge in [0.1, 0.15) is 18.1 Å². The molecule has 0 spiro atoms. The summed E-state index contributed by atoms with van der Waals surface area (Å²) in [5.41, 5.74) is 1.01. The van der Waals surface area contributed by atoms with Crippen LogP contribution in [0.4, 0.5) is 5.69 Å². The second-order valence-electron chi connectivity index (χ2n) is 9.80. The van der Waals surface area contributed by atoms with Crippen molar-refractivity contribution in [2.75, 3.05) is 10.4 Å². The number of imide groups is 2. The molecule has 6 atom stereocenters. The van der Waals surface area contributed by atoms with Gasteiger partial charge in [0.25, 0.3) is 11.8 Å². The molecule has 2 aliphatic heterocycles. The number of hydrogen-bond donors (Lipinski definition) is 1. The van der Waals surface area contributed by atoms with E-state index < -0.39 is 45.2 Å². The van der Waals surface area contributed by atoms with Gasteiger partial charge in [0, 0.05) is 0 Å². The summed E-state index contributed by atoms with van der Waals surface area (Å²) < 4.78 is 5.85. The zero-order chi connectivity index (χ0) is 26.3. The van der Waals surface area contributed by atoms with Crippen molar-refractivity contribution in [3.05, 3.63) is 65.6 Å². The average Bonchev–Trinajstić information content (AvgIpc) is 3.51. The fraction of sp³-hybridized carbons (Fsp3) is 0.385. The van der Waals surface area contributed by atoms with Crippen LogP contribution in [0.15, 0.2) is 58.5 Å². The molecular weight excluding hydrogens is 587 g/mol. The van der Waals surface area contributed by atoms with Crippen molar-refractivity contribution in [2.45, 2.75) is 35.1 Å². The third-order valence-corrected chi connectivity index (χ3v) is 10.1. The van der Waals surface area contributed by atoms with Crippen LogP contribution in [0.5, 0.6) is 0 Å². The van der Waals surface area contributed by atoms with Crippen LogP contribution in [0, 0.1) is 17.8 Å². The van der Waals surface area contributed by atoms with Gasteiger partial charge in [0.2, 0.25) is 11.8 Å². The van der Waals surface area contributed by atoms with Gasteiger partial charge in [-0.2, -0.15) is 0 Å². The normalized spacial score (nSPS) is 35.0. The molecule has 2 aromatic rings. The number of hydrogen-bond acceptors (Lipinski definition) is 6. The number of carbonyl (C=O) groups is 4. The predicted molar refractivity (Wildman–Crippen MR) is 137 cm³/mol. The SMILES string of the molecule is O=C1C2CC=C3C(CC4(Cl)C(=O)N(CBr)C(=O)C4(Cl)C3c3ccc(CO)o3)C2C(=O)N1c1ccccc1. The summed E-state index contributed by atoms with van der Waals surface area (Å²) in [7, 11) is 0. The number of benzene rings is 1. The van der Waals surface area contributed by atoms with Gasteiger partial charge in [0.15, 0.2) is 9.75 Å². The summed E-state index contributed by atoms with van der Waals surface area (Å²) in [4.78, 5) is 52.8. The maximum Gasteiger partial charge on any atom is 0.254 e. The van der Waals surface area contributed by atoms with Gasteiger partial charge in [-0.1, -0.05) is 45.8 Å². The molecule has 4 aliphatic rings. The number of aliphatic hydroxyl groups excluding tert-OH is 1. The Labute approximate surface area is 230 Å². The predicted octanol–water partition coefficient (Wildman–Crippen LogP) is 3.69. The van der Waals surface area contributed by atoms with Crippen molar-refractivity contribution in [2.24, 2.45) is 17.8 Å². The van der Waals surface area contributed by atoms with Gasteiger partial charge in [-0.25, -0.2) is 0 Å². The third kappa shape index (κ3) is 3.11. The number of carbonyl (C=O) groups excluding carboxylic acids is 4. The smallest absolute Gasteiger partial charge is 0.254 e. The Kier molecular flexibility index (Phi) is 5.73. The molecule has 1 saturated carbocycles. The molecule has 2 saturated heterocycles. The van der Waals surface area contributed by atoms with E-state index in [2.05, 4.69) is 15.9 Å². The van der Waals surface area contributed by atoms with E-state index in [1.165, 1.54) is 4.90 Å². The average molecular weight is 608 g/mol. The molecule has 1 aromatic carbocycles. The van der Waals surface area contributed by atoms with Gasteiger partial charge in [-0.3, -0.25) is 29.0 Å². The van der Waals surface area contributed by atoms with E-state index in [9.17, 15) is 24.3 Å². The van der Waals surface area contributed by atoms with Crippen molar-refractivity contribution in [1.29, 1.82) is 0 Å². The van der Waals surface area contributed by atoms with Crippen molar-refractivity contribution < 1.29 is 28.7 Å². The number of halogens is 3. The Bertz CT molecular complexity index is 1380. The molecule has 192 valence electrons. The van der Waals surface area contributed by atoms with E-state index in [1.807, 2.05) is 6.08 Å². The molecule has 4 amide bonds. The molecule has 37 heavy (non-hydrogen) atoms. The minimum absolute atomic E-state index is 0.0924. The van der Waals surface area contributed by atoms with E-state index in [-0.39, 0.29) is 48.2 Å². The van der Waals surface area contributed by atoms with Crippen LogP contribution in [0.3, 0.4) is 0 Å². The number of rotatable bonds is 4. The van der Waals surface area contributed by atoms with Crippen LogP contribution in [0.1, 0.15) is 30.3 Å². The number of alkyl halides is 3. The molecule has 6 rings (SSSR count). The number of amides is 4. The summed E-state index contributed by atoms with van der Waals surface area (Å²) in [6.45, 7) is -0.374. The summed E-state index contributed by atoms with van der Waals surface area (Å²) in [5, 5.41) is 9.59. The first-order valence-electron chi connectivity index (χ1n) is 11.8. The quantitative estimate of drug-likeness (QED) is 0.246. The van der Waals surface area contributed by atoms with Crippen molar-refractivity contribution in [3.8, 4) is 0 Å². The van der Waals surface area contributed by atoms with E-state index in [4.69, 9.17) is 27.6 Å². The van der Waals surface area contributed by atoms with E-state index in [0.29, 0.717) is 11.3 Å². The summed E-state index contributed by atoms with van der Waals surface area (Å²) in [5.74, 6) is -4.53. The van der Waals surface area contributed by atoms with Crippen LogP contribution in [0.25, 0.3) is 0 Å². The largest absolute Gasteiger partial charge is 0.463 e. The maximum atomic E-state index is 13.8. The van der Waals surface area contributed by atoms with Crippen LogP contribution < -0.4 is 4.90 Å². The maximum absolute atomic E-state index is 13.8. The Morgan fingerprint density at radius 2 is 1.73 bits per heavy atom. The van der Waals surface area contributed by atoms with Gasteiger partial charge in [0.05, 0.1) is 28.9 Å². The van der Waals surface area contributed by atoms with Gasteiger partial charge < -0.3 is 9.52 Å². The summed E-state index contributed by atoms with van der Waals surface area (Å²) in [6.07, 6.45) is 2.01. The minimum atomic E-state index is -1.93. The van der Waals surface area contributed by atoms with E-state index in [0.717, 1.165) is 4.90 Å². The van der Waals surface area contributed by atoms with Gasteiger partial charge in [-0.15, -0.1) is 23.2 Å². The molecule has 8 nitrogen and oxygen atoms in total. The number of anilines is 1. The Balaban J connectivity index is 1.51. The molecule has 3 heterocycles. The lowest BCUT2D eigenvalue weighted by Crippen LogP contribution is -2.60. The topological polar surface area (TPSA) is 108 Å². The number of allylic oxidation sites excluding steroid dienone is 2. The Morgan fingerprint density at radius 3 is 2.38 bits per heavy atom. The number of fused-ring (bicyclic) bond motifs is 4. The van der Waals surface area contributed by atoms with Crippen LogP contribution in [-0.2, 0) is 25.8 Å².